The minimum absolute atomic E-state index is 0.132. The Hall–Kier alpha value is -1.27. The van der Waals surface area contributed by atoms with Crippen molar-refractivity contribution in [2.75, 3.05) is 6.79 Å². The van der Waals surface area contributed by atoms with E-state index in [1.54, 1.807) is 6.07 Å². The molecule has 0 amide bonds. The zero-order chi connectivity index (χ0) is 11.4. The van der Waals surface area contributed by atoms with Crippen LogP contribution in [-0.4, -0.2) is 20.1 Å². The molecule has 6 heteroatoms. The summed E-state index contributed by atoms with van der Waals surface area (Å²) in [6.45, 7) is 0.132. The first-order valence-corrected chi connectivity index (χ1v) is 6.44. The fourth-order valence-corrected chi connectivity index (χ4v) is 3.29. The summed E-state index contributed by atoms with van der Waals surface area (Å²) >= 11 is 0. The predicted molar refractivity (Wildman–Crippen MR) is 55.9 cm³/mol. The molecule has 0 aromatic heterocycles. The number of hydrogen-bond donors (Lipinski definition) is 1. The van der Waals surface area contributed by atoms with E-state index in [4.69, 9.17) is 15.2 Å². The largest absolute Gasteiger partial charge is 0.454 e. The van der Waals surface area contributed by atoms with Crippen molar-refractivity contribution < 1.29 is 17.9 Å². The first-order chi connectivity index (χ1) is 7.53. The molecule has 1 fully saturated rings. The summed E-state index contributed by atoms with van der Waals surface area (Å²) < 4.78 is 34.4. The maximum Gasteiger partial charge on any atom is 0.231 e. The van der Waals surface area contributed by atoms with Gasteiger partial charge in [0.05, 0.1) is 4.90 Å². The first-order valence-electron chi connectivity index (χ1n) is 4.96. The van der Waals surface area contributed by atoms with Crippen LogP contribution < -0.4 is 15.2 Å². The molecule has 2 aliphatic rings. The molecular weight excluding hydrogens is 230 g/mol. The molecule has 1 heterocycles. The highest BCUT2D eigenvalue weighted by Crippen LogP contribution is 2.43. The van der Waals surface area contributed by atoms with Crippen LogP contribution in [0.2, 0.25) is 0 Å². The summed E-state index contributed by atoms with van der Waals surface area (Å²) in [7, 11) is -3.44. The van der Waals surface area contributed by atoms with Crippen LogP contribution in [0, 0.1) is 0 Å². The topological polar surface area (TPSA) is 78.6 Å². The lowest BCUT2D eigenvalue weighted by Crippen LogP contribution is -2.32. The van der Waals surface area contributed by atoms with Crippen molar-refractivity contribution in [2.45, 2.75) is 22.6 Å². The van der Waals surface area contributed by atoms with Crippen LogP contribution in [0.5, 0.6) is 11.5 Å². The van der Waals surface area contributed by atoms with Crippen molar-refractivity contribution in [2.24, 2.45) is 5.73 Å². The molecule has 1 saturated carbocycles. The fourth-order valence-electron chi connectivity index (χ4n) is 1.67. The summed E-state index contributed by atoms with van der Waals surface area (Å²) in [6.07, 6.45) is 1.04. The van der Waals surface area contributed by atoms with Gasteiger partial charge in [0.15, 0.2) is 21.3 Å². The van der Waals surface area contributed by atoms with Crippen molar-refractivity contribution in [3.63, 3.8) is 0 Å². The molecule has 3 rings (SSSR count). The Morgan fingerprint density at radius 2 is 1.88 bits per heavy atom. The summed E-state index contributed by atoms with van der Waals surface area (Å²) in [6, 6.07) is 4.58. The molecule has 0 unspecified atom stereocenters. The molecule has 1 aromatic rings. The molecule has 86 valence electrons. The second-order valence-corrected chi connectivity index (χ2v) is 6.37. The van der Waals surface area contributed by atoms with Crippen LogP contribution in [0.3, 0.4) is 0 Å². The van der Waals surface area contributed by atoms with Crippen LogP contribution in [0.1, 0.15) is 12.8 Å². The highest BCUT2D eigenvalue weighted by molar-refractivity contribution is 7.93. The van der Waals surface area contributed by atoms with Crippen molar-refractivity contribution in [1.82, 2.24) is 0 Å². The van der Waals surface area contributed by atoms with Gasteiger partial charge in [-0.3, -0.25) is 0 Å². The maximum atomic E-state index is 12.1. The Bertz CT molecular complexity index is 548. The van der Waals surface area contributed by atoms with Gasteiger partial charge in [-0.05, 0) is 25.0 Å². The van der Waals surface area contributed by atoms with Crippen LogP contribution in [0.15, 0.2) is 23.1 Å². The van der Waals surface area contributed by atoms with Crippen LogP contribution in [-0.2, 0) is 9.84 Å². The van der Waals surface area contributed by atoms with Gasteiger partial charge < -0.3 is 15.2 Å². The molecule has 1 aromatic carbocycles. The summed E-state index contributed by atoms with van der Waals surface area (Å²) in [5, 5.41) is 0. The number of rotatable bonds is 2. The molecule has 2 N–H and O–H groups in total. The monoisotopic (exact) mass is 241 g/mol. The number of nitrogens with two attached hydrogens (primary N) is 1. The van der Waals surface area contributed by atoms with Gasteiger partial charge >= 0.3 is 0 Å². The minimum Gasteiger partial charge on any atom is -0.454 e. The van der Waals surface area contributed by atoms with E-state index in [0.717, 1.165) is 0 Å². The number of fused-ring (bicyclic) bond motifs is 1. The molecular formula is C10H11NO4S. The highest BCUT2D eigenvalue weighted by Gasteiger charge is 2.51. The average molecular weight is 241 g/mol. The lowest BCUT2D eigenvalue weighted by atomic mass is 10.3. The fraction of sp³-hybridized carbons (Fsp3) is 0.400. The Kier molecular flexibility index (Phi) is 1.79. The third kappa shape index (κ3) is 1.23. The molecule has 0 spiro atoms. The van der Waals surface area contributed by atoms with Crippen molar-refractivity contribution in [1.29, 1.82) is 0 Å². The second-order valence-electron chi connectivity index (χ2n) is 4.08. The molecule has 0 radical (unpaired) electrons. The van der Waals surface area contributed by atoms with Crippen molar-refractivity contribution >= 4 is 9.84 Å². The van der Waals surface area contributed by atoms with Crippen LogP contribution in [0.4, 0.5) is 0 Å². The lowest BCUT2D eigenvalue weighted by Gasteiger charge is -2.10. The molecule has 16 heavy (non-hydrogen) atoms. The number of ether oxygens (including phenoxy) is 2. The standard InChI is InChI=1S/C10H11NO4S/c11-10(3-4-10)16(12,13)7-1-2-8-9(5-7)15-6-14-8/h1-2,5H,3-4,6,11H2. The van der Waals surface area contributed by atoms with Gasteiger partial charge in [-0.2, -0.15) is 0 Å². The zero-order valence-electron chi connectivity index (χ0n) is 8.47. The predicted octanol–water partition coefficient (Wildman–Crippen LogP) is 0.638. The van der Waals surface area contributed by atoms with Gasteiger partial charge in [0.1, 0.15) is 4.87 Å². The van der Waals surface area contributed by atoms with E-state index in [2.05, 4.69) is 0 Å². The van der Waals surface area contributed by atoms with Gasteiger partial charge in [0, 0.05) is 6.07 Å². The number of hydrogen-bond acceptors (Lipinski definition) is 5. The maximum absolute atomic E-state index is 12.1. The van der Waals surface area contributed by atoms with E-state index in [1.165, 1.54) is 12.1 Å². The molecule has 0 bridgehead atoms. The van der Waals surface area contributed by atoms with E-state index >= 15 is 0 Å². The van der Waals surface area contributed by atoms with Gasteiger partial charge in [-0.1, -0.05) is 0 Å². The molecule has 1 aliphatic carbocycles. The Morgan fingerprint density at radius 3 is 2.56 bits per heavy atom. The highest BCUT2D eigenvalue weighted by atomic mass is 32.2. The first kappa shape index (κ1) is 9.92. The molecule has 5 nitrogen and oxygen atoms in total. The van der Waals surface area contributed by atoms with Crippen molar-refractivity contribution in [3.8, 4) is 11.5 Å². The van der Waals surface area contributed by atoms with Gasteiger partial charge in [0.25, 0.3) is 0 Å². The smallest absolute Gasteiger partial charge is 0.231 e. The SMILES string of the molecule is NC1(S(=O)(=O)c2ccc3c(c2)OCO3)CC1. The Morgan fingerprint density at radius 1 is 1.19 bits per heavy atom. The molecule has 1 aliphatic heterocycles. The van der Waals surface area contributed by atoms with Crippen LogP contribution >= 0.6 is 0 Å². The molecule has 0 saturated heterocycles. The number of sulfone groups is 1. The third-order valence-corrected chi connectivity index (χ3v) is 5.29. The van der Waals surface area contributed by atoms with Crippen LogP contribution in [0.25, 0.3) is 0 Å². The third-order valence-electron chi connectivity index (χ3n) is 2.93. The summed E-state index contributed by atoms with van der Waals surface area (Å²) in [5.41, 5.74) is 5.74. The van der Waals surface area contributed by atoms with Gasteiger partial charge in [-0.15, -0.1) is 0 Å². The van der Waals surface area contributed by atoms with Gasteiger partial charge in [0.2, 0.25) is 6.79 Å². The van der Waals surface area contributed by atoms with E-state index in [-0.39, 0.29) is 11.7 Å². The van der Waals surface area contributed by atoms with Gasteiger partial charge in [-0.25, -0.2) is 8.42 Å². The zero-order valence-corrected chi connectivity index (χ0v) is 9.29. The summed E-state index contributed by atoms with van der Waals surface area (Å²) in [5.74, 6) is 1.03. The summed E-state index contributed by atoms with van der Waals surface area (Å²) in [4.78, 5) is -0.863. The lowest BCUT2D eigenvalue weighted by molar-refractivity contribution is 0.174. The van der Waals surface area contributed by atoms with E-state index in [9.17, 15) is 8.42 Å². The minimum atomic E-state index is -3.44. The van der Waals surface area contributed by atoms with Crippen molar-refractivity contribution in [3.05, 3.63) is 18.2 Å². The Labute approximate surface area is 93.1 Å². The average Bonchev–Trinajstić information content (AvgIpc) is 2.86. The molecule has 0 atom stereocenters. The van der Waals surface area contributed by atoms with E-state index < -0.39 is 14.7 Å². The quantitative estimate of drug-likeness (QED) is 0.822. The number of benzene rings is 1. The normalized spacial score (nSPS) is 20.8. The second kappa shape index (κ2) is 2.89. The van der Waals surface area contributed by atoms with E-state index in [1.807, 2.05) is 0 Å². The Balaban J connectivity index is 2.08. The van der Waals surface area contributed by atoms with E-state index in [0.29, 0.717) is 24.3 Å².